The van der Waals surface area contributed by atoms with Gasteiger partial charge in [0.2, 0.25) is 0 Å². The molecule has 0 unspecified atom stereocenters. The standard InChI is InChI=1S/C24H28N2/c1-15(2)18-11-8-12-19(16(3)4)22(18)23-20(13-14-21(25)24(23)26)17-9-6-5-7-10-17/h5-16H,25-26H2,1-4H3. The number of nitrogens with two attached hydrogens (primary N) is 2. The molecule has 0 radical (unpaired) electrons. The van der Waals surface area contributed by atoms with Gasteiger partial charge in [-0.2, -0.15) is 0 Å². The molecular formula is C24H28N2. The van der Waals surface area contributed by atoms with Crippen molar-refractivity contribution in [2.45, 2.75) is 39.5 Å². The molecule has 26 heavy (non-hydrogen) atoms. The van der Waals surface area contributed by atoms with Crippen LogP contribution in [-0.4, -0.2) is 0 Å². The quantitative estimate of drug-likeness (QED) is 0.536. The predicted octanol–water partition coefficient (Wildman–Crippen LogP) is 6.43. The fraction of sp³-hybridized carbons (Fsp3) is 0.250. The largest absolute Gasteiger partial charge is 0.397 e. The Morgan fingerprint density at radius 2 is 1.19 bits per heavy atom. The Bertz CT molecular complexity index is 883. The highest BCUT2D eigenvalue weighted by Crippen LogP contribution is 2.45. The Hall–Kier alpha value is -2.74. The first-order valence-electron chi connectivity index (χ1n) is 9.28. The highest BCUT2D eigenvalue weighted by atomic mass is 14.7. The lowest BCUT2D eigenvalue weighted by Gasteiger charge is -2.24. The molecule has 0 aromatic heterocycles. The number of benzene rings is 3. The predicted molar refractivity (Wildman–Crippen MR) is 114 cm³/mol. The van der Waals surface area contributed by atoms with Gasteiger partial charge in [-0.1, -0.05) is 82.3 Å². The summed E-state index contributed by atoms with van der Waals surface area (Å²) >= 11 is 0. The van der Waals surface area contributed by atoms with E-state index < -0.39 is 0 Å². The minimum absolute atomic E-state index is 0.396. The maximum atomic E-state index is 6.57. The van der Waals surface area contributed by atoms with E-state index in [1.807, 2.05) is 12.1 Å². The summed E-state index contributed by atoms with van der Waals surface area (Å²) in [6.07, 6.45) is 0. The highest BCUT2D eigenvalue weighted by Gasteiger charge is 2.21. The SMILES string of the molecule is CC(C)c1cccc(C(C)C)c1-c1c(-c2ccccc2)ccc(N)c1N. The van der Waals surface area contributed by atoms with Crippen LogP contribution in [0.25, 0.3) is 22.3 Å². The van der Waals surface area contributed by atoms with Gasteiger partial charge >= 0.3 is 0 Å². The van der Waals surface area contributed by atoms with Crippen molar-refractivity contribution in [3.63, 3.8) is 0 Å². The van der Waals surface area contributed by atoms with E-state index in [2.05, 4.69) is 76.2 Å². The second-order valence-electron chi connectivity index (χ2n) is 7.48. The molecule has 0 bridgehead atoms. The summed E-state index contributed by atoms with van der Waals surface area (Å²) in [5.74, 6) is 0.793. The molecule has 2 heteroatoms. The normalized spacial score (nSPS) is 11.3. The maximum Gasteiger partial charge on any atom is 0.0633 e. The van der Waals surface area contributed by atoms with Gasteiger partial charge in [-0.3, -0.25) is 0 Å². The number of nitrogen functional groups attached to an aromatic ring is 2. The van der Waals surface area contributed by atoms with E-state index in [1.165, 1.54) is 16.7 Å². The van der Waals surface area contributed by atoms with Crippen LogP contribution in [0, 0.1) is 0 Å². The third-order valence-corrected chi connectivity index (χ3v) is 4.99. The molecule has 3 aromatic carbocycles. The van der Waals surface area contributed by atoms with Crippen LogP contribution in [0.1, 0.15) is 50.7 Å². The molecule has 0 saturated heterocycles. The zero-order valence-corrected chi connectivity index (χ0v) is 16.1. The summed E-state index contributed by atoms with van der Waals surface area (Å²) in [6.45, 7) is 8.92. The summed E-state index contributed by atoms with van der Waals surface area (Å²) in [5.41, 5.74) is 21.3. The van der Waals surface area contributed by atoms with Crippen LogP contribution in [0.4, 0.5) is 11.4 Å². The van der Waals surface area contributed by atoms with Crippen LogP contribution in [0.15, 0.2) is 60.7 Å². The fourth-order valence-electron chi connectivity index (χ4n) is 3.60. The van der Waals surface area contributed by atoms with E-state index in [0.29, 0.717) is 23.2 Å². The molecule has 0 aliphatic carbocycles. The Morgan fingerprint density at radius 3 is 1.73 bits per heavy atom. The van der Waals surface area contributed by atoms with Gasteiger partial charge in [0.1, 0.15) is 0 Å². The molecule has 3 rings (SSSR count). The zero-order chi connectivity index (χ0) is 18.8. The Morgan fingerprint density at radius 1 is 0.615 bits per heavy atom. The third kappa shape index (κ3) is 3.20. The molecule has 2 nitrogen and oxygen atoms in total. The molecule has 4 N–H and O–H groups in total. The lowest BCUT2D eigenvalue weighted by molar-refractivity contribution is 0.838. The molecule has 0 aliphatic rings. The van der Waals surface area contributed by atoms with Gasteiger partial charge < -0.3 is 11.5 Å². The molecule has 0 atom stereocenters. The Balaban J connectivity index is 2.43. The van der Waals surface area contributed by atoms with Crippen molar-refractivity contribution >= 4 is 11.4 Å². The van der Waals surface area contributed by atoms with E-state index in [4.69, 9.17) is 11.5 Å². The van der Waals surface area contributed by atoms with E-state index in [9.17, 15) is 0 Å². The smallest absolute Gasteiger partial charge is 0.0633 e. The molecular weight excluding hydrogens is 316 g/mol. The van der Waals surface area contributed by atoms with Crippen molar-refractivity contribution in [2.75, 3.05) is 11.5 Å². The molecule has 0 fully saturated rings. The Labute approximate surface area is 156 Å². The van der Waals surface area contributed by atoms with Crippen LogP contribution in [-0.2, 0) is 0 Å². The second-order valence-corrected chi connectivity index (χ2v) is 7.48. The number of anilines is 2. The van der Waals surface area contributed by atoms with Crippen molar-refractivity contribution in [3.05, 3.63) is 71.8 Å². The highest BCUT2D eigenvalue weighted by molar-refractivity contribution is 5.98. The molecule has 3 aromatic rings. The van der Waals surface area contributed by atoms with Crippen molar-refractivity contribution in [3.8, 4) is 22.3 Å². The minimum atomic E-state index is 0.396. The minimum Gasteiger partial charge on any atom is -0.397 e. The molecule has 0 spiro atoms. The Kier molecular flexibility index (Phi) is 5.03. The van der Waals surface area contributed by atoms with Crippen molar-refractivity contribution in [1.29, 1.82) is 0 Å². The van der Waals surface area contributed by atoms with Crippen molar-refractivity contribution in [2.24, 2.45) is 0 Å². The first-order chi connectivity index (χ1) is 12.4. The van der Waals surface area contributed by atoms with Gasteiger partial charge in [-0.05, 0) is 45.7 Å². The first kappa shape index (κ1) is 18.1. The number of hydrogen-bond acceptors (Lipinski definition) is 2. The monoisotopic (exact) mass is 344 g/mol. The average molecular weight is 345 g/mol. The van der Waals surface area contributed by atoms with E-state index >= 15 is 0 Å². The molecule has 0 aliphatic heterocycles. The van der Waals surface area contributed by atoms with Crippen molar-refractivity contribution in [1.82, 2.24) is 0 Å². The van der Waals surface area contributed by atoms with Gasteiger partial charge in [-0.25, -0.2) is 0 Å². The van der Waals surface area contributed by atoms with Gasteiger partial charge in [-0.15, -0.1) is 0 Å². The summed E-state index contributed by atoms with van der Waals surface area (Å²) in [5, 5.41) is 0. The summed E-state index contributed by atoms with van der Waals surface area (Å²) in [6, 6.07) is 21.0. The summed E-state index contributed by atoms with van der Waals surface area (Å²) in [7, 11) is 0. The maximum absolute atomic E-state index is 6.57. The third-order valence-electron chi connectivity index (χ3n) is 4.99. The number of hydrogen-bond donors (Lipinski definition) is 2. The van der Waals surface area contributed by atoms with Crippen LogP contribution in [0.2, 0.25) is 0 Å². The number of rotatable bonds is 4. The van der Waals surface area contributed by atoms with Gasteiger partial charge in [0.25, 0.3) is 0 Å². The van der Waals surface area contributed by atoms with Crippen molar-refractivity contribution < 1.29 is 0 Å². The molecule has 134 valence electrons. The van der Waals surface area contributed by atoms with Crippen LogP contribution in [0.3, 0.4) is 0 Å². The van der Waals surface area contributed by atoms with Gasteiger partial charge in [0, 0.05) is 5.56 Å². The van der Waals surface area contributed by atoms with Crippen LogP contribution >= 0.6 is 0 Å². The van der Waals surface area contributed by atoms with Gasteiger partial charge in [0.15, 0.2) is 0 Å². The zero-order valence-electron chi connectivity index (χ0n) is 16.1. The fourth-order valence-corrected chi connectivity index (χ4v) is 3.60. The summed E-state index contributed by atoms with van der Waals surface area (Å²) < 4.78 is 0. The van der Waals surface area contributed by atoms with Crippen LogP contribution in [0.5, 0.6) is 0 Å². The van der Waals surface area contributed by atoms with Gasteiger partial charge in [0.05, 0.1) is 11.4 Å². The van der Waals surface area contributed by atoms with E-state index in [0.717, 1.165) is 16.7 Å². The first-order valence-corrected chi connectivity index (χ1v) is 9.28. The van der Waals surface area contributed by atoms with E-state index in [-0.39, 0.29) is 0 Å². The van der Waals surface area contributed by atoms with Crippen LogP contribution < -0.4 is 11.5 Å². The molecule has 0 heterocycles. The lowest BCUT2D eigenvalue weighted by Crippen LogP contribution is -2.05. The second kappa shape index (κ2) is 7.25. The average Bonchev–Trinajstić information content (AvgIpc) is 2.63. The lowest BCUT2D eigenvalue weighted by atomic mass is 9.81. The topological polar surface area (TPSA) is 52.0 Å². The van der Waals surface area contributed by atoms with E-state index in [1.54, 1.807) is 0 Å². The molecule has 0 amide bonds. The molecule has 0 saturated carbocycles. The summed E-state index contributed by atoms with van der Waals surface area (Å²) in [4.78, 5) is 0.